The fourth-order valence-corrected chi connectivity index (χ4v) is 0.900. The molecular weight excluding hydrogens is 172 g/mol. The quantitative estimate of drug-likeness (QED) is 0.512. The highest BCUT2D eigenvalue weighted by Crippen LogP contribution is 2.06. The molecular formula is C8H10N2O3. The lowest BCUT2D eigenvalue weighted by molar-refractivity contribution is -0.479. The van der Waals surface area contributed by atoms with E-state index in [-0.39, 0.29) is 11.5 Å². The van der Waals surface area contributed by atoms with E-state index in [4.69, 9.17) is 4.74 Å². The molecule has 0 aliphatic rings. The van der Waals surface area contributed by atoms with E-state index in [1.54, 1.807) is 18.3 Å². The van der Waals surface area contributed by atoms with Gasteiger partial charge in [0.25, 0.3) is 0 Å². The molecule has 13 heavy (non-hydrogen) atoms. The summed E-state index contributed by atoms with van der Waals surface area (Å²) < 4.78 is 4.85. The highest BCUT2D eigenvalue weighted by molar-refractivity contribution is 5.17. The zero-order valence-electron chi connectivity index (χ0n) is 7.27. The second kappa shape index (κ2) is 4.39. The first-order chi connectivity index (χ1) is 6.22. The van der Waals surface area contributed by atoms with Gasteiger partial charge in [-0.2, -0.15) is 0 Å². The molecule has 0 unspecified atom stereocenters. The molecule has 0 spiro atoms. The molecule has 5 heteroatoms. The maximum absolute atomic E-state index is 10.1. The van der Waals surface area contributed by atoms with Gasteiger partial charge in [-0.3, -0.25) is 10.1 Å². The van der Waals surface area contributed by atoms with Gasteiger partial charge in [0.05, 0.1) is 7.11 Å². The minimum absolute atomic E-state index is 0.0615. The van der Waals surface area contributed by atoms with Crippen LogP contribution < -0.4 is 4.74 Å². The summed E-state index contributed by atoms with van der Waals surface area (Å²) >= 11 is 0. The topological polar surface area (TPSA) is 65.3 Å². The summed E-state index contributed by atoms with van der Waals surface area (Å²) in [6.45, 7) is -0.0615. The minimum atomic E-state index is -0.343. The van der Waals surface area contributed by atoms with Crippen LogP contribution >= 0.6 is 0 Å². The minimum Gasteiger partial charge on any atom is -0.481 e. The molecule has 0 fully saturated rings. The second-order valence-electron chi connectivity index (χ2n) is 2.52. The van der Waals surface area contributed by atoms with Crippen LogP contribution in [0.25, 0.3) is 0 Å². The predicted molar refractivity (Wildman–Crippen MR) is 46.4 cm³/mol. The van der Waals surface area contributed by atoms with Gasteiger partial charge in [-0.15, -0.1) is 0 Å². The fourth-order valence-electron chi connectivity index (χ4n) is 0.900. The Hall–Kier alpha value is -1.65. The van der Waals surface area contributed by atoms with Gasteiger partial charge in [0.2, 0.25) is 12.4 Å². The molecule has 0 atom stereocenters. The van der Waals surface area contributed by atoms with Crippen molar-refractivity contribution in [1.29, 1.82) is 0 Å². The molecule has 0 saturated heterocycles. The Morgan fingerprint density at radius 2 is 2.38 bits per heavy atom. The van der Waals surface area contributed by atoms with Gasteiger partial charge >= 0.3 is 0 Å². The number of nitrogens with zero attached hydrogens (tertiary/aromatic N) is 2. The number of aromatic nitrogens is 1. The lowest BCUT2D eigenvalue weighted by atomic mass is 10.2. The molecule has 0 aliphatic heterocycles. The van der Waals surface area contributed by atoms with Crippen LogP contribution in [0.15, 0.2) is 18.3 Å². The van der Waals surface area contributed by atoms with Gasteiger partial charge in [0, 0.05) is 23.6 Å². The highest BCUT2D eigenvalue weighted by atomic mass is 16.6. The average molecular weight is 182 g/mol. The summed E-state index contributed by atoms with van der Waals surface area (Å²) in [5.41, 5.74) is 0.845. The number of rotatable bonds is 4. The van der Waals surface area contributed by atoms with Gasteiger partial charge in [0.15, 0.2) is 0 Å². The van der Waals surface area contributed by atoms with E-state index in [9.17, 15) is 10.1 Å². The van der Waals surface area contributed by atoms with Crippen LogP contribution in [0.4, 0.5) is 0 Å². The zero-order chi connectivity index (χ0) is 9.68. The first-order valence-electron chi connectivity index (χ1n) is 3.83. The average Bonchev–Trinajstić information content (AvgIpc) is 2.15. The van der Waals surface area contributed by atoms with E-state index >= 15 is 0 Å². The standard InChI is InChI=1S/C8H10N2O3/c1-13-8-3-2-7(6-9-8)4-5-10(11)12/h2-3,6H,4-5H2,1H3. The normalized spacial score (nSPS) is 9.62. The van der Waals surface area contributed by atoms with Crippen LogP contribution in [0, 0.1) is 10.1 Å². The van der Waals surface area contributed by atoms with Crippen LogP contribution in [0.1, 0.15) is 5.56 Å². The van der Waals surface area contributed by atoms with Crippen molar-refractivity contribution in [3.8, 4) is 5.88 Å². The SMILES string of the molecule is COc1ccc(CC[N+](=O)[O-])cn1. The maximum atomic E-state index is 10.1. The Morgan fingerprint density at radius 1 is 1.62 bits per heavy atom. The molecule has 5 nitrogen and oxygen atoms in total. The van der Waals surface area contributed by atoms with Gasteiger partial charge in [-0.05, 0) is 5.56 Å². The molecule has 1 heterocycles. The highest BCUT2D eigenvalue weighted by Gasteiger charge is 2.00. The molecule has 0 saturated carbocycles. The van der Waals surface area contributed by atoms with Crippen molar-refractivity contribution in [3.05, 3.63) is 34.0 Å². The van der Waals surface area contributed by atoms with Crippen molar-refractivity contribution in [2.75, 3.05) is 13.7 Å². The summed E-state index contributed by atoms with van der Waals surface area (Å²) in [5, 5.41) is 10.1. The lowest BCUT2D eigenvalue weighted by Crippen LogP contribution is -2.04. The summed E-state index contributed by atoms with van der Waals surface area (Å²) in [6, 6.07) is 3.46. The Balaban J connectivity index is 2.54. The molecule has 70 valence electrons. The lowest BCUT2D eigenvalue weighted by Gasteiger charge is -1.99. The molecule has 0 aliphatic carbocycles. The van der Waals surface area contributed by atoms with Crippen LogP contribution in [0.2, 0.25) is 0 Å². The number of ether oxygens (including phenoxy) is 1. The molecule has 1 rings (SSSR count). The van der Waals surface area contributed by atoms with Crippen molar-refractivity contribution in [1.82, 2.24) is 4.98 Å². The molecule has 0 aromatic carbocycles. The first-order valence-corrected chi connectivity index (χ1v) is 3.83. The Kier molecular flexibility index (Phi) is 3.19. The van der Waals surface area contributed by atoms with E-state index in [2.05, 4.69) is 4.98 Å². The van der Waals surface area contributed by atoms with Gasteiger partial charge in [-0.1, -0.05) is 6.07 Å². The summed E-state index contributed by atoms with van der Waals surface area (Å²) in [4.78, 5) is 13.6. The predicted octanol–water partition coefficient (Wildman–Crippen LogP) is 0.909. The van der Waals surface area contributed by atoms with Crippen LogP contribution in [-0.2, 0) is 6.42 Å². The summed E-state index contributed by atoms with van der Waals surface area (Å²) in [7, 11) is 1.53. The first kappa shape index (κ1) is 9.44. The van der Waals surface area contributed by atoms with Gasteiger partial charge in [-0.25, -0.2) is 4.98 Å². The number of nitro groups is 1. The van der Waals surface area contributed by atoms with Crippen molar-refractivity contribution in [2.24, 2.45) is 0 Å². The summed E-state index contributed by atoms with van der Waals surface area (Å²) in [6.07, 6.45) is 1.99. The number of methoxy groups -OCH3 is 1. The Bertz CT molecular complexity index is 284. The van der Waals surface area contributed by atoms with Crippen LogP contribution in [0.5, 0.6) is 5.88 Å². The third-order valence-corrected chi connectivity index (χ3v) is 1.59. The molecule has 0 amide bonds. The molecule has 1 aromatic rings. The van der Waals surface area contributed by atoms with Crippen molar-refractivity contribution < 1.29 is 9.66 Å². The van der Waals surface area contributed by atoms with E-state index in [0.29, 0.717) is 12.3 Å². The zero-order valence-corrected chi connectivity index (χ0v) is 7.27. The smallest absolute Gasteiger partial charge is 0.212 e. The second-order valence-corrected chi connectivity index (χ2v) is 2.52. The Labute approximate surface area is 75.5 Å². The third-order valence-electron chi connectivity index (χ3n) is 1.59. The summed E-state index contributed by atoms with van der Waals surface area (Å²) in [5.74, 6) is 0.518. The van der Waals surface area contributed by atoms with E-state index in [1.807, 2.05) is 0 Å². The molecule has 0 radical (unpaired) electrons. The van der Waals surface area contributed by atoms with Crippen molar-refractivity contribution in [3.63, 3.8) is 0 Å². The maximum Gasteiger partial charge on any atom is 0.212 e. The van der Waals surface area contributed by atoms with Crippen LogP contribution in [0.3, 0.4) is 0 Å². The van der Waals surface area contributed by atoms with Crippen molar-refractivity contribution >= 4 is 0 Å². The number of hydrogen-bond donors (Lipinski definition) is 0. The Morgan fingerprint density at radius 3 is 2.85 bits per heavy atom. The number of hydrogen-bond acceptors (Lipinski definition) is 4. The van der Waals surface area contributed by atoms with Crippen LogP contribution in [-0.4, -0.2) is 23.6 Å². The molecule has 0 bridgehead atoms. The number of pyridine rings is 1. The largest absolute Gasteiger partial charge is 0.481 e. The third kappa shape index (κ3) is 3.06. The molecule has 1 aromatic heterocycles. The van der Waals surface area contributed by atoms with E-state index < -0.39 is 0 Å². The monoisotopic (exact) mass is 182 g/mol. The van der Waals surface area contributed by atoms with E-state index in [1.165, 1.54) is 7.11 Å². The van der Waals surface area contributed by atoms with E-state index in [0.717, 1.165) is 5.56 Å². The van der Waals surface area contributed by atoms with Gasteiger partial charge in [0.1, 0.15) is 0 Å². The van der Waals surface area contributed by atoms with Gasteiger partial charge < -0.3 is 4.74 Å². The van der Waals surface area contributed by atoms with Crippen molar-refractivity contribution in [2.45, 2.75) is 6.42 Å². The molecule has 0 N–H and O–H groups in total. The fraction of sp³-hybridized carbons (Fsp3) is 0.375.